The molecule has 0 atom stereocenters. The maximum atomic E-state index is 13.4. The average Bonchev–Trinajstić information content (AvgIpc) is 3.62. The van der Waals surface area contributed by atoms with Crippen LogP contribution in [0.3, 0.4) is 0 Å². The molecule has 2 aromatic carbocycles. The van der Waals surface area contributed by atoms with E-state index in [9.17, 15) is 14.4 Å². The zero-order chi connectivity index (χ0) is 24.2. The molecule has 0 spiro atoms. The molecule has 3 amide bonds. The highest BCUT2D eigenvalue weighted by molar-refractivity contribution is 8.04. The number of hydrogen-bond acceptors (Lipinski definition) is 6. The third kappa shape index (κ3) is 5.17. The first-order chi connectivity index (χ1) is 17.1. The van der Waals surface area contributed by atoms with Crippen molar-refractivity contribution in [3.8, 4) is 0 Å². The number of furan rings is 1. The first kappa shape index (κ1) is 23.0. The molecule has 0 unspecified atom stereocenters. The van der Waals surface area contributed by atoms with Gasteiger partial charge in [-0.2, -0.15) is 0 Å². The summed E-state index contributed by atoms with van der Waals surface area (Å²) >= 11 is 1.20. The van der Waals surface area contributed by atoms with Crippen LogP contribution in [0.15, 0.2) is 92.9 Å². The Balaban J connectivity index is 1.40. The fraction of sp³-hybridized carbons (Fsp3) is 0.222. The van der Waals surface area contributed by atoms with Gasteiger partial charge in [-0.1, -0.05) is 48.9 Å². The summed E-state index contributed by atoms with van der Waals surface area (Å²) in [6.07, 6.45) is 5.53. The Bertz CT molecular complexity index is 1260. The average molecular weight is 488 g/mol. The zero-order valence-corrected chi connectivity index (χ0v) is 19.8. The van der Waals surface area contributed by atoms with Crippen LogP contribution in [0.2, 0.25) is 0 Å². The molecule has 0 bridgehead atoms. The van der Waals surface area contributed by atoms with Gasteiger partial charge >= 0.3 is 0 Å². The van der Waals surface area contributed by atoms with Crippen molar-refractivity contribution in [3.63, 3.8) is 0 Å². The molecule has 1 fully saturated rings. The van der Waals surface area contributed by atoms with E-state index in [2.05, 4.69) is 10.6 Å². The third-order valence-corrected chi connectivity index (χ3v) is 7.18. The number of hydrogen-bond donors (Lipinski definition) is 2. The lowest BCUT2D eigenvalue weighted by Crippen LogP contribution is -2.31. The molecule has 1 aliphatic heterocycles. The van der Waals surface area contributed by atoms with Gasteiger partial charge in [-0.05, 0) is 55.3 Å². The van der Waals surface area contributed by atoms with Gasteiger partial charge in [-0.15, -0.1) is 0 Å². The van der Waals surface area contributed by atoms with Crippen molar-refractivity contribution in [2.75, 3.05) is 10.6 Å². The minimum Gasteiger partial charge on any atom is -0.467 e. The molecule has 3 aromatic rings. The second kappa shape index (κ2) is 10.2. The fourth-order valence-electron chi connectivity index (χ4n) is 4.31. The number of nitrogens with one attached hydrogen (secondary N) is 2. The monoisotopic (exact) mass is 487 g/mol. The summed E-state index contributed by atoms with van der Waals surface area (Å²) in [6.45, 7) is 0.0478. The first-order valence-corrected chi connectivity index (χ1v) is 12.4. The van der Waals surface area contributed by atoms with E-state index in [0.29, 0.717) is 22.0 Å². The van der Waals surface area contributed by atoms with Crippen LogP contribution in [0.1, 0.15) is 31.4 Å². The first-order valence-electron chi connectivity index (χ1n) is 11.6. The summed E-state index contributed by atoms with van der Waals surface area (Å²) in [5.74, 6) is -0.195. The second-order valence-electron chi connectivity index (χ2n) is 8.57. The van der Waals surface area contributed by atoms with E-state index in [1.54, 1.807) is 12.1 Å². The number of thioether (sulfide) groups is 1. The number of carbonyl (C=O) groups is 3. The maximum absolute atomic E-state index is 13.4. The topological polar surface area (TPSA) is 91.7 Å². The molecule has 0 radical (unpaired) electrons. The zero-order valence-electron chi connectivity index (χ0n) is 19.0. The largest absolute Gasteiger partial charge is 0.467 e. The van der Waals surface area contributed by atoms with Crippen molar-refractivity contribution in [1.82, 2.24) is 4.90 Å². The molecule has 0 saturated heterocycles. The van der Waals surface area contributed by atoms with Crippen molar-refractivity contribution < 1.29 is 18.8 Å². The van der Waals surface area contributed by atoms with Gasteiger partial charge in [-0.3, -0.25) is 19.3 Å². The Morgan fingerprint density at radius 2 is 1.71 bits per heavy atom. The van der Waals surface area contributed by atoms with Crippen molar-refractivity contribution in [3.05, 3.63) is 89.4 Å². The Kier molecular flexibility index (Phi) is 6.72. The molecule has 7 nitrogen and oxygen atoms in total. The summed E-state index contributed by atoms with van der Waals surface area (Å²) in [5, 5.41) is 6.13. The maximum Gasteiger partial charge on any atom is 0.278 e. The van der Waals surface area contributed by atoms with Crippen molar-refractivity contribution in [1.29, 1.82) is 0 Å². The van der Waals surface area contributed by atoms with E-state index in [-0.39, 0.29) is 24.1 Å². The van der Waals surface area contributed by atoms with E-state index in [4.69, 9.17) is 4.42 Å². The summed E-state index contributed by atoms with van der Waals surface area (Å²) in [7, 11) is 0. The lowest BCUT2D eigenvalue weighted by molar-refractivity contribution is -0.138. The van der Waals surface area contributed by atoms with Crippen LogP contribution >= 0.6 is 11.8 Å². The van der Waals surface area contributed by atoms with Crippen LogP contribution in [0.5, 0.6) is 0 Å². The van der Waals surface area contributed by atoms with Gasteiger partial charge in [0.15, 0.2) is 0 Å². The highest BCUT2D eigenvalue weighted by atomic mass is 32.2. The van der Waals surface area contributed by atoms with Gasteiger partial charge in [0.2, 0.25) is 5.91 Å². The van der Waals surface area contributed by atoms with Crippen molar-refractivity contribution >= 4 is 40.9 Å². The molecule has 35 heavy (non-hydrogen) atoms. The lowest BCUT2D eigenvalue weighted by atomic mass is 10.1. The Morgan fingerprint density at radius 1 is 0.943 bits per heavy atom. The molecule has 1 aromatic heterocycles. The van der Waals surface area contributed by atoms with Crippen LogP contribution in [0.4, 0.5) is 11.4 Å². The molecular formula is C27H25N3O4S. The van der Waals surface area contributed by atoms with Crippen LogP contribution in [-0.4, -0.2) is 22.6 Å². The van der Waals surface area contributed by atoms with E-state index in [1.807, 2.05) is 54.6 Å². The van der Waals surface area contributed by atoms with Gasteiger partial charge in [0.1, 0.15) is 16.4 Å². The standard InChI is InChI=1S/C27H25N3O4S/c31-25(18-8-4-5-9-18)29-20-12-6-14-22(16-20)35-24-23(28-19-10-2-1-3-11-19)26(32)30(27(24)33)17-21-13-7-15-34-21/h1-3,6-7,10-16,18,28H,4-5,8-9,17H2,(H,29,31). The molecule has 1 saturated carbocycles. The van der Waals surface area contributed by atoms with Gasteiger partial charge in [0.25, 0.3) is 11.8 Å². The summed E-state index contributed by atoms with van der Waals surface area (Å²) in [6, 6.07) is 20.1. The molecular weight excluding hydrogens is 462 g/mol. The Labute approximate surface area is 207 Å². The molecule has 8 heteroatoms. The number of imide groups is 1. The van der Waals surface area contributed by atoms with Gasteiger partial charge in [-0.25, -0.2) is 0 Å². The molecule has 178 valence electrons. The number of amides is 3. The molecule has 5 rings (SSSR count). The summed E-state index contributed by atoms with van der Waals surface area (Å²) in [4.78, 5) is 41.4. The van der Waals surface area contributed by atoms with E-state index in [1.165, 1.54) is 22.9 Å². The van der Waals surface area contributed by atoms with Gasteiger partial charge in [0, 0.05) is 22.2 Å². The van der Waals surface area contributed by atoms with Crippen LogP contribution in [0, 0.1) is 5.92 Å². The van der Waals surface area contributed by atoms with Crippen molar-refractivity contribution in [2.45, 2.75) is 37.1 Å². The summed E-state index contributed by atoms with van der Waals surface area (Å²) in [5.41, 5.74) is 1.60. The molecule has 2 N–H and O–H groups in total. The normalized spacial score (nSPS) is 16.3. The molecule has 2 aliphatic rings. The molecule has 2 heterocycles. The lowest BCUT2D eigenvalue weighted by Gasteiger charge is -2.13. The van der Waals surface area contributed by atoms with Gasteiger partial charge < -0.3 is 15.1 Å². The van der Waals surface area contributed by atoms with Crippen LogP contribution in [0.25, 0.3) is 0 Å². The number of benzene rings is 2. The number of nitrogens with zero attached hydrogens (tertiary/aromatic N) is 1. The van der Waals surface area contributed by atoms with E-state index in [0.717, 1.165) is 30.6 Å². The number of carbonyl (C=O) groups excluding carboxylic acids is 3. The van der Waals surface area contributed by atoms with Gasteiger partial charge in [0.05, 0.1) is 12.8 Å². The quantitative estimate of drug-likeness (QED) is 0.414. The van der Waals surface area contributed by atoms with Crippen LogP contribution < -0.4 is 10.6 Å². The SMILES string of the molecule is O=C(Nc1cccc(SC2=C(Nc3ccccc3)C(=O)N(Cc3ccco3)C2=O)c1)C1CCCC1. The van der Waals surface area contributed by atoms with E-state index >= 15 is 0 Å². The van der Waals surface area contributed by atoms with E-state index < -0.39 is 11.8 Å². The Morgan fingerprint density at radius 3 is 2.46 bits per heavy atom. The predicted octanol–water partition coefficient (Wildman–Crippen LogP) is 5.39. The summed E-state index contributed by atoms with van der Waals surface area (Å²) < 4.78 is 5.36. The number of para-hydroxylation sites is 1. The Hall–Kier alpha value is -3.78. The van der Waals surface area contributed by atoms with Crippen LogP contribution in [-0.2, 0) is 20.9 Å². The minimum absolute atomic E-state index is 0.0343. The van der Waals surface area contributed by atoms with Crippen molar-refractivity contribution in [2.24, 2.45) is 5.92 Å². The molecule has 1 aliphatic carbocycles. The minimum atomic E-state index is -0.413. The third-order valence-electron chi connectivity index (χ3n) is 6.11. The second-order valence-corrected chi connectivity index (χ2v) is 9.66. The fourth-order valence-corrected chi connectivity index (χ4v) is 5.32. The smallest absolute Gasteiger partial charge is 0.278 e. The number of anilines is 2. The highest BCUT2D eigenvalue weighted by Crippen LogP contribution is 2.37. The number of rotatable bonds is 8. The predicted molar refractivity (Wildman–Crippen MR) is 134 cm³/mol. The highest BCUT2D eigenvalue weighted by Gasteiger charge is 2.39.